The molecule has 0 fully saturated rings. The molecule has 1 aromatic heterocycles. The molecular weight excluding hydrogens is 376 g/mol. The summed E-state index contributed by atoms with van der Waals surface area (Å²) in [5.41, 5.74) is 6.23. The average Bonchev–Trinajstić information content (AvgIpc) is 2.70. The summed E-state index contributed by atoms with van der Waals surface area (Å²) in [6.07, 6.45) is -0.712. The summed E-state index contributed by atoms with van der Waals surface area (Å²) in [4.78, 5) is 31.2. The first kappa shape index (κ1) is 20.2. The summed E-state index contributed by atoms with van der Waals surface area (Å²) in [5, 5.41) is 2.76. The summed E-state index contributed by atoms with van der Waals surface area (Å²) < 4.78 is 16.2. The predicted molar refractivity (Wildman–Crippen MR) is 108 cm³/mol. The lowest BCUT2D eigenvalue weighted by molar-refractivity contribution is -0.129. The summed E-state index contributed by atoms with van der Waals surface area (Å²) in [7, 11) is 3.03. The van der Waals surface area contributed by atoms with Gasteiger partial charge in [0.25, 0.3) is 5.91 Å². The van der Waals surface area contributed by atoms with Crippen LogP contribution in [0.25, 0.3) is 0 Å². The molecule has 29 heavy (non-hydrogen) atoms. The van der Waals surface area contributed by atoms with Gasteiger partial charge in [-0.1, -0.05) is 13.8 Å². The Labute approximate surface area is 168 Å². The highest BCUT2D eigenvalue weighted by Gasteiger charge is 2.38. The van der Waals surface area contributed by atoms with E-state index in [1.807, 2.05) is 13.8 Å². The Morgan fingerprint density at radius 1 is 1.28 bits per heavy atom. The number of nitrogens with one attached hydrogen (secondary N) is 1. The quantitative estimate of drug-likeness (QED) is 0.762. The maximum absolute atomic E-state index is 12.9. The van der Waals surface area contributed by atoms with Gasteiger partial charge in [0.2, 0.25) is 5.91 Å². The predicted octanol–water partition coefficient (Wildman–Crippen LogP) is 2.07. The molecule has 2 amide bonds. The second-order valence-corrected chi connectivity index (χ2v) is 6.88. The molecule has 0 saturated carbocycles. The van der Waals surface area contributed by atoms with Crippen molar-refractivity contribution in [2.45, 2.75) is 20.0 Å². The molecule has 1 aromatic carbocycles. The van der Waals surface area contributed by atoms with E-state index < -0.39 is 12.0 Å². The molecule has 3 rings (SSSR count). The molecule has 1 aliphatic rings. The minimum Gasteiger partial charge on any atom is -0.497 e. The lowest BCUT2D eigenvalue weighted by Gasteiger charge is -2.34. The Bertz CT molecular complexity index is 931. The zero-order valence-corrected chi connectivity index (χ0v) is 16.8. The number of methoxy groups -OCH3 is 2. The van der Waals surface area contributed by atoms with Gasteiger partial charge in [-0.2, -0.15) is 0 Å². The Kier molecular flexibility index (Phi) is 5.76. The number of pyridine rings is 1. The number of hydrogen-bond donors (Lipinski definition) is 2. The molecule has 0 spiro atoms. The maximum Gasteiger partial charge on any atom is 0.270 e. The number of nitrogens with two attached hydrogens (primary N) is 1. The second kappa shape index (κ2) is 8.26. The SMILES string of the molecule is COc1ccc(NC(=O)CN2C(=O)C(C(C)C)Oc3ccc(N)nc32)c(OC)c1. The fraction of sp³-hybridized carbons (Fsp3) is 0.350. The van der Waals surface area contributed by atoms with E-state index in [2.05, 4.69) is 10.3 Å². The van der Waals surface area contributed by atoms with Gasteiger partial charge in [-0.25, -0.2) is 4.98 Å². The first-order valence-corrected chi connectivity index (χ1v) is 9.10. The molecule has 3 N–H and O–H groups in total. The van der Waals surface area contributed by atoms with Crippen LogP contribution in [0, 0.1) is 5.92 Å². The van der Waals surface area contributed by atoms with Crippen molar-refractivity contribution in [3.8, 4) is 17.2 Å². The number of carbonyl (C=O) groups excluding carboxylic acids is 2. The van der Waals surface area contributed by atoms with Gasteiger partial charge in [-0.05, 0) is 30.2 Å². The molecule has 2 heterocycles. The lowest BCUT2D eigenvalue weighted by Crippen LogP contribution is -2.51. The number of nitrogen functional groups attached to an aromatic ring is 1. The topological polar surface area (TPSA) is 116 Å². The zero-order valence-electron chi connectivity index (χ0n) is 16.8. The number of benzene rings is 1. The number of aromatic nitrogens is 1. The van der Waals surface area contributed by atoms with E-state index in [1.165, 1.54) is 12.0 Å². The van der Waals surface area contributed by atoms with Crippen molar-refractivity contribution < 1.29 is 23.8 Å². The van der Waals surface area contributed by atoms with Crippen molar-refractivity contribution >= 4 is 29.1 Å². The number of ether oxygens (including phenoxy) is 3. The lowest BCUT2D eigenvalue weighted by atomic mass is 10.0. The number of rotatable bonds is 6. The van der Waals surface area contributed by atoms with Crippen LogP contribution in [0.4, 0.5) is 17.3 Å². The van der Waals surface area contributed by atoms with Crippen LogP contribution in [0.2, 0.25) is 0 Å². The highest BCUT2D eigenvalue weighted by atomic mass is 16.5. The number of fused-ring (bicyclic) bond motifs is 1. The van der Waals surface area contributed by atoms with Crippen LogP contribution in [-0.2, 0) is 9.59 Å². The molecule has 2 aromatic rings. The third-order valence-electron chi connectivity index (χ3n) is 4.47. The highest BCUT2D eigenvalue weighted by molar-refractivity contribution is 6.06. The molecule has 0 radical (unpaired) electrons. The van der Waals surface area contributed by atoms with E-state index in [1.54, 1.807) is 37.4 Å². The molecule has 0 saturated heterocycles. The Hall–Kier alpha value is -3.49. The zero-order chi connectivity index (χ0) is 21.1. The Morgan fingerprint density at radius 3 is 2.69 bits per heavy atom. The molecular formula is C20H24N4O5. The first-order chi connectivity index (χ1) is 13.8. The molecule has 1 atom stereocenters. The number of carbonyl (C=O) groups is 2. The van der Waals surface area contributed by atoms with Gasteiger partial charge in [0.15, 0.2) is 17.7 Å². The van der Waals surface area contributed by atoms with Crippen LogP contribution in [-0.4, -0.2) is 43.7 Å². The number of nitrogens with zero attached hydrogens (tertiary/aromatic N) is 2. The Balaban J connectivity index is 1.85. The molecule has 9 nitrogen and oxygen atoms in total. The summed E-state index contributed by atoms with van der Waals surface area (Å²) in [6.45, 7) is 3.50. The van der Waals surface area contributed by atoms with Crippen LogP contribution >= 0.6 is 0 Å². The van der Waals surface area contributed by atoms with E-state index in [-0.39, 0.29) is 30.0 Å². The second-order valence-electron chi connectivity index (χ2n) is 6.88. The van der Waals surface area contributed by atoms with E-state index in [0.717, 1.165) is 0 Å². The molecule has 9 heteroatoms. The summed E-state index contributed by atoms with van der Waals surface area (Å²) >= 11 is 0. The number of hydrogen-bond acceptors (Lipinski definition) is 7. The minimum atomic E-state index is -0.712. The van der Waals surface area contributed by atoms with Crippen molar-refractivity contribution in [1.82, 2.24) is 4.98 Å². The molecule has 0 aliphatic carbocycles. The fourth-order valence-corrected chi connectivity index (χ4v) is 2.99. The van der Waals surface area contributed by atoms with Crippen LogP contribution in [0.5, 0.6) is 17.2 Å². The summed E-state index contributed by atoms with van der Waals surface area (Å²) in [5.74, 6) is 1.05. The fourth-order valence-electron chi connectivity index (χ4n) is 2.99. The van der Waals surface area contributed by atoms with Crippen LogP contribution < -0.4 is 30.2 Å². The van der Waals surface area contributed by atoms with Gasteiger partial charge in [0.05, 0.1) is 19.9 Å². The van der Waals surface area contributed by atoms with Gasteiger partial charge >= 0.3 is 0 Å². The van der Waals surface area contributed by atoms with Crippen LogP contribution in [0.1, 0.15) is 13.8 Å². The van der Waals surface area contributed by atoms with E-state index in [4.69, 9.17) is 19.9 Å². The average molecular weight is 400 g/mol. The third kappa shape index (κ3) is 4.18. The largest absolute Gasteiger partial charge is 0.497 e. The minimum absolute atomic E-state index is 0.0829. The van der Waals surface area contributed by atoms with Crippen LogP contribution in [0.15, 0.2) is 30.3 Å². The van der Waals surface area contributed by atoms with Gasteiger partial charge in [0.1, 0.15) is 23.9 Å². The van der Waals surface area contributed by atoms with Gasteiger partial charge in [0, 0.05) is 6.07 Å². The van der Waals surface area contributed by atoms with E-state index >= 15 is 0 Å². The van der Waals surface area contributed by atoms with Crippen molar-refractivity contribution in [2.24, 2.45) is 5.92 Å². The normalized spacial score (nSPS) is 15.6. The van der Waals surface area contributed by atoms with Crippen molar-refractivity contribution in [3.05, 3.63) is 30.3 Å². The highest BCUT2D eigenvalue weighted by Crippen LogP contribution is 2.35. The van der Waals surface area contributed by atoms with Crippen molar-refractivity contribution in [1.29, 1.82) is 0 Å². The maximum atomic E-state index is 12.9. The number of anilines is 3. The number of amides is 2. The van der Waals surface area contributed by atoms with Gasteiger partial charge in [-0.3, -0.25) is 14.5 Å². The molecule has 154 valence electrons. The van der Waals surface area contributed by atoms with Gasteiger partial charge < -0.3 is 25.3 Å². The summed E-state index contributed by atoms with van der Waals surface area (Å²) in [6, 6.07) is 8.26. The van der Waals surface area contributed by atoms with Crippen LogP contribution in [0.3, 0.4) is 0 Å². The van der Waals surface area contributed by atoms with E-state index in [9.17, 15) is 9.59 Å². The third-order valence-corrected chi connectivity index (χ3v) is 4.47. The van der Waals surface area contributed by atoms with Crippen molar-refractivity contribution in [2.75, 3.05) is 36.7 Å². The molecule has 0 bridgehead atoms. The Morgan fingerprint density at radius 2 is 2.03 bits per heavy atom. The van der Waals surface area contributed by atoms with Crippen molar-refractivity contribution in [3.63, 3.8) is 0 Å². The standard InChI is InChI=1S/C20H24N4O5/c1-11(2)18-20(26)24(19-14(29-18)7-8-16(21)23-19)10-17(25)22-13-6-5-12(27-3)9-15(13)28-4/h5-9,11,18H,10H2,1-4H3,(H2,21,23)(H,22,25). The monoisotopic (exact) mass is 400 g/mol. The van der Waals surface area contributed by atoms with E-state index in [0.29, 0.717) is 22.9 Å². The first-order valence-electron chi connectivity index (χ1n) is 9.10. The smallest absolute Gasteiger partial charge is 0.270 e. The molecule has 1 unspecified atom stereocenters. The molecule has 1 aliphatic heterocycles. The van der Waals surface area contributed by atoms with Gasteiger partial charge in [-0.15, -0.1) is 0 Å².